The highest BCUT2D eigenvalue weighted by Crippen LogP contribution is 2.46. The molecule has 218 valence electrons. The average molecular weight is 592 g/mol. The van der Waals surface area contributed by atoms with Crippen molar-refractivity contribution < 1.29 is 42.8 Å². The fourth-order valence-corrected chi connectivity index (χ4v) is 5.96. The monoisotopic (exact) mass is 591 g/mol. The predicted octanol–water partition coefficient (Wildman–Crippen LogP) is 5.03. The second kappa shape index (κ2) is 10.6. The third kappa shape index (κ3) is 5.13. The van der Waals surface area contributed by atoms with E-state index in [1.165, 1.54) is 24.6 Å². The first-order valence-corrected chi connectivity index (χ1v) is 14.0. The number of nitrogens with one attached hydrogen (secondary N) is 1. The molecule has 1 aromatic heterocycles. The number of aliphatic hydroxyl groups is 2. The number of thiophene rings is 1. The Labute approximate surface area is 237 Å². The van der Waals surface area contributed by atoms with E-state index in [1.807, 2.05) is 0 Å². The minimum absolute atomic E-state index is 0.0112. The van der Waals surface area contributed by atoms with Crippen molar-refractivity contribution in [2.75, 3.05) is 28.8 Å². The lowest BCUT2D eigenvalue weighted by Crippen LogP contribution is -2.47. The Kier molecular flexibility index (Phi) is 7.12. The summed E-state index contributed by atoms with van der Waals surface area (Å²) in [4.78, 5) is 14.3. The van der Waals surface area contributed by atoms with Gasteiger partial charge in [-0.1, -0.05) is 0 Å². The Hall–Kier alpha value is -3.68. The van der Waals surface area contributed by atoms with E-state index < -0.39 is 36.0 Å². The van der Waals surface area contributed by atoms with Crippen molar-refractivity contribution >= 4 is 34.4 Å². The maximum atomic E-state index is 15.5. The summed E-state index contributed by atoms with van der Waals surface area (Å²) in [5, 5.41) is 35.7. The van der Waals surface area contributed by atoms with Gasteiger partial charge in [0.1, 0.15) is 16.4 Å². The van der Waals surface area contributed by atoms with Gasteiger partial charge in [-0.3, -0.25) is 4.90 Å². The fraction of sp³-hybridized carbons (Fsp3) is 0.393. The molecule has 0 spiro atoms. The van der Waals surface area contributed by atoms with E-state index in [9.17, 15) is 24.5 Å². The van der Waals surface area contributed by atoms with Crippen LogP contribution < -0.4 is 24.6 Å². The number of hydrogen-bond donors (Lipinski definition) is 4. The number of anilines is 3. The summed E-state index contributed by atoms with van der Waals surface area (Å²) in [6, 6.07) is 4.75. The van der Waals surface area contributed by atoms with Crippen LogP contribution in [-0.4, -0.2) is 47.4 Å². The maximum Gasteiger partial charge on any atom is 0.346 e. The van der Waals surface area contributed by atoms with Crippen LogP contribution >= 0.6 is 11.3 Å². The lowest BCUT2D eigenvalue weighted by molar-refractivity contribution is 0.0675. The van der Waals surface area contributed by atoms with Gasteiger partial charge >= 0.3 is 5.97 Å². The number of ether oxygens (including phenoxy) is 2. The number of hydrogen-bond acceptors (Lipinski definition) is 9. The van der Waals surface area contributed by atoms with Crippen LogP contribution in [0, 0.1) is 23.4 Å². The molecule has 0 amide bonds. The Balaban J connectivity index is 1.40. The van der Waals surface area contributed by atoms with Crippen LogP contribution in [0.15, 0.2) is 29.6 Å². The van der Waals surface area contributed by atoms with E-state index in [1.54, 1.807) is 4.90 Å². The minimum atomic E-state index is -1.70. The third-order valence-corrected chi connectivity index (χ3v) is 8.55. The molecule has 2 aromatic carbocycles. The first kappa shape index (κ1) is 27.5. The zero-order valence-corrected chi connectivity index (χ0v) is 22.8. The molecular weight excluding hydrogens is 563 g/mol. The quantitative estimate of drug-likeness (QED) is 0.258. The molecular formula is C28H28F3N3O6S. The number of halogens is 3. The number of fused-ring (bicyclic) bond motifs is 1. The molecule has 4 N–H and O–H groups in total. The number of benzene rings is 2. The molecule has 0 bridgehead atoms. The molecule has 2 aliphatic carbocycles. The molecule has 2 unspecified atom stereocenters. The molecule has 1 aliphatic heterocycles. The van der Waals surface area contributed by atoms with Gasteiger partial charge in [0.05, 0.1) is 42.9 Å². The Morgan fingerprint density at radius 1 is 1.12 bits per heavy atom. The van der Waals surface area contributed by atoms with Crippen LogP contribution in [-0.2, 0) is 6.54 Å². The van der Waals surface area contributed by atoms with Gasteiger partial charge in [-0.15, -0.1) is 11.3 Å². The van der Waals surface area contributed by atoms with Crippen molar-refractivity contribution in [3.05, 3.63) is 63.1 Å². The Morgan fingerprint density at radius 2 is 1.88 bits per heavy atom. The van der Waals surface area contributed by atoms with Gasteiger partial charge in [-0.25, -0.2) is 18.0 Å². The molecule has 41 heavy (non-hydrogen) atoms. The number of carbonyl (C=O) groups is 1. The van der Waals surface area contributed by atoms with Crippen molar-refractivity contribution in [1.29, 1.82) is 0 Å². The molecule has 2 fully saturated rings. The number of methoxy groups -OCH3 is 1. The standard InChI is InChI=1S/C28H28F3N3O6S/c1-39-22-8-17(30)19(34-26(35)23-18(32-28(34)38)12-41-25(23)27(36)37)9-20(22)33(14-4-5-14)10-15-21(40-11-13-2-3-13)7-6-16(29)24(15)31/h6-9,12-14,26,28,32,35,38H,2-5,10-11H2,1H3,(H,36,37). The number of nitrogens with zero attached hydrogens (tertiary/aromatic N) is 2. The van der Waals surface area contributed by atoms with Gasteiger partial charge in [0.2, 0.25) is 6.35 Å². The molecule has 2 heterocycles. The van der Waals surface area contributed by atoms with Crippen LogP contribution in [0.1, 0.15) is 52.7 Å². The van der Waals surface area contributed by atoms with Crippen molar-refractivity contribution in [2.45, 2.75) is 50.8 Å². The molecule has 0 radical (unpaired) electrons. The second-order valence-electron chi connectivity index (χ2n) is 10.4. The highest BCUT2D eigenvalue weighted by atomic mass is 32.1. The van der Waals surface area contributed by atoms with E-state index >= 15 is 8.78 Å². The second-order valence-corrected chi connectivity index (χ2v) is 11.3. The molecule has 2 atom stereocenters. The molecule has 13 heteroatoms. The largest absolute Gasteiger partial charge is 0.494 e. The van der Waals surface area contributed by atoms with Crippen LogP contribution in [0.25, 0.3) is 0 Å². The molecule has 0 saturated heterocycles. The van der Waals surface area contributed by atoms with Crippen molar-refractivity contribution in [3.8, 4) is 11.5 Å². The Bertz CT molecular complexity index is 1500. The van der Waals surface area contributed by atoms with E-state index in [0.717, 1.165) is 54.1 Å². The van der Waals surface area contributed by atoms with Gasteiger partial charge in [0, 0.05) is 23.1 Å². The number of rotatable bonds is 10. The van der Waals surface area contributed by atoms with Gasteiger partial charge in [-0.2, -0.15) is 0 Å². The van der Waals surface area contributed by atoms with E-state index in [2.05, 4.69) is 5.32 Å². The highest BCUT2D eigenvalue weighted by Gasteiger charge is 2.40. The smallest absolute Gasteiger partial charge is 0.346 e. The summed E-state index contributed by atoms with van der Waals surface area (Å²) < 4.78 is 56.4. The normalized spacial score (nSPS) is 19.9. The summed E-state index contributed by atoms with van der Waals surface area (Å²) in [5.74, 6) is -3.48. The van der Waals surface area contributed by atoms with Gasteiger partial charge in [0.15, 0.2) is 23.7 Å². The number of carboxylic acids is 1. The number of aromatic carboxylic acids is 1. The third-order valence-electron chi connectivity index (χ3n) is 7.57. The zero-order valence-electron chi connectivity index (χ0n) is 21.9. The molecule has 9 nitrogen and oxygen atoms in total. The maximum absolute atomic E-state index is 15.5. The van der Waals surface area contributed by atoms with Gasteiger partial charge in [-0.05, 0) is 49.8 Å². The minimum Gasteiger partial charge on any atom is -0.494 e. The van der Waals surface area contributed by atoms with E-state index in [0.29, 0.717) is 18.2 Å². The summed E-state index contributed by atoms with van der Waals surface area (Å²) in [6.45, 7) is 0.281. The average Bonchev–Trinajstić information content (AvgIpc) is 3.88. The fourth-order valence-electron chi connectivity index (χ4n) is 5.08. The van der Waals surface area contributed by atoms with Gasteiger partial charge in [0.25, 0.3) is 0 Å². The van der Waals surface area contributed by atoms with Crippen LogP contribution in [0.5, 0.6) is 11.5 Å². The summed E-state index contributed by atoms with van der Waals surface area (Å²) in [5.41, 5.74) is 0.286. The van der Waals surface area contributed by atoms with Crippen molar-refractivity contribution in [2.24, 2.45) is 5.92 Å². The van der Waals surface area contributed by atoms with Crippen LogP contribution in [0.3, 0.4) is 0 Å². The summed E-state index contributed by atoms with van der Waals surface area (Å²) in [7, 11) is 1.35. The molecule has 6 rings (SSSR count). The zero-order chi connectivity index (χ0) is 29.0. The topological polar surface area (TPSA) is 115 Å². The Morgan fingerprint density at radius 3 is 2.54 bits per heavy atom. The first-order valence-electron chi connectivity index (χ1n) is 13.2. The SMILES string of the molecule is COc1cc(F)c(N2C(O)Nc3csc(C(=O)O)c3C2O)cc1N(Cc1c(OCC2CC2)ccc(F)c1F)C1CC1. The van der Waals surface area contributed by atoms with E-state index in [-0.39, 0.29) is 51.5 Å². The summed E-state index contributed by atoms with van der Waals surface area (Å²) >= 11 is 0.862. The molecule has 3 aliphatic rings. The van der Waals surface area contributed by atoms with Crippen molar-refractivity contribution in [1.82, 2.24) is 0 Å². The molecule has 2 saturated carbocycles. The lowest BCUT2D eigenvalue weighted by Gasteiger charge is -2.40. The summed E-state index contributed by atoms with van der Waals surface area (Å²) in [6.07, 6.45) is 0.205. The van der Waals surface area contributed by atoms with Gasteiger partial charge < -0.3 is 35.0 Å². The van der Waals surface area contributed by atoms with Crippen molar-refractivity contribution in [3.63, 3.8) is 0 Å². The first-order chi connectivity index (χ1) is 19.7. The van der Waals surface area contributed by atoms with Crippen LogP contribution in [0.4, 0.5) is 30.2 Å². The van der Waals surface area contributed by atoms with E-state index in [4.69, 9.17) is 9.47 Å². The number of aliphatic hydroxyl groups excluding tert-OH is 2. The molecule has 3 aromatic rings. The van der Waals surface area contributed by atoms with Crippen LogP contribution in [0.2, 0.25) is 0 Å². The number of carboxylic acid groups (broad SMARTS) is 1. The predicted molar refractivity (Wildman–Crippen MR) is 145 cm³/mol. The lowest BCUT2D eigenvalue weighted by atomic mass is 10.1. The highest BCUT2D eigenvalue weighted by molar-refractivity contribution is 7.12.